The van der Waals surface area contributed by atoms with Gasteiger partial charge in [0.05, 0.1) is 0 Å². The van der Waals surface area contributed by atoms with Crippen molar-refractivity contribution in [1.29, 1.82) is 0 Å². The van der Waals surface area contributed by atoms with E-state index in [2.05, 4.69) is 34.8 Å². The van der Waals surface area contributed by atoms with Crippen molar-refractivity contribution in [3.63, 3.8) is 0 Å². The van der Waals surface area contributed by atoms with E-state index >= 15 is 0 Å². The van der Waals surface area contributed by atoms with Crippen molar-refractivity contribution in [2.45, 2.75) is 26.3 Å². The summed E-state index contributed by atoms with van der Waals surface area (Å²) in [5, 5.41) is 0. The van der Waals surface area contributed by atoms with Gasteiger partial charge in [-0.3, -0.25) is 4.79 Å². The number of nitrogens with zero attached hydrogens (tertiary/aromatic N) is 3. The molecule has 112 valence electrons. The van der Waals surface area contributed by atoms with Gasteiger partial charge in [-0.1, -0.05) is 6.92 Å². The minimum absolute atomic E-state index is 0.124. The molecule has 2 heterocycles. The van der Waals surface area contributed by atoms with Crippen LogP contribution in [0.2, 0.25) is 0 Å². The first-order valence-corrected chi connectivity index (χ1v) is 8.10. The number of hydrogen-bond donors (Lipinski definition) is 0. The lowest BCUT2D eigenvalue weighted by atomic mass is 10.1. The molecule has 1 aliphatic heterocycles. The number of likely N-dealkylation sites (tertiary alicyclic amines) is 1. The van der Waals surface area contributed by atoms with E-state index < -0.39 is 0 Å². The molecule has 4 nitrogen and oxygen atoms in total. The van der Waals surface area contributed by atoms with E-state index in [9.17, 15) is 4.79 Å². The normalized spacial score (nSPS) is 19.5. The highest BCUT2D eigenvalue weighted by molar-refractivity contribution is 9.10. The smallest absolute Gasteiger partial charge is 0.270 e. The zero-order chi connectivity index (χ0) is 14.7. The van der Waals surface area contributed by atoms with Gasteiger partial charge in [-0.25, -0.2) is 0 Å². The van der Waals surface area contributed by atoms with E-state index in [-0.39, 0.29) is 5.91 Å². The molecular weight excluding hydrogens is 318 g/mol. The van der Waals surface area contributed by atoms with Crippen molar-refractivity contribution in [3.8, 4) is 0 Å². The maximum absolute atomic E-state index is 12.6. The fourth-order valence-electron chi connectivity index (χ4n) is 2.92. The third-order valence-corrected chi connectivity index (χ3v) is 4.35. The number of hydrogen-bond acceptors (Lipinski definition) is 2. The molecule has 1 aromatic heterocycles. The molecule has 1 atom stereocenters. The Hall–Kier alpha value is -0.810. The number of aromatic nitrogens is 1. The quantitative estimate of drug-likeness (QED) is 0.823. The Balaban J connectivity index is 2.02. The van der Waals surface area contributed by atoms with Crippen LogP contribution >= 0.6 is 15.9 Å². The zero-order valence-corrected chi connectivity index (χ0v) is 14.2. The highest BCUT2D eigenvalue weighted by atomic mass is 79.9. The molecule has 1 fully saturated rings. The van der Waals surface area contributed by atoms with Crippen LogP contribution in [0.5, 0.6) is 0 Å². The van der Waals surface area contributed by atoms with E-state index in [1.54, 1.807) is 0 Å². The SMILES string of the molecule is CCCn1cc(Br)cc1C(=O)N(C)CC1CCN(C)C1. The molecule has 0 radical (unpaired) electrons. The van der Waals surface area contributed by atoms with Crippen LogP contribution in [0.15, 0.2) is 16.7 Å². The Labute approximate surface area is 129 Å². The largest absolute Gasteiger partial charge is 0.342 e. The van der Waals surface area contributed by atoms with Gasteiger partial charge < -0.3 is 14.4 Å². The second kappa shape index (κ2) is 6.76. The summed E-state index contributed by atoms with van der Waals surface area (Å²) in [6.07, 6.45) is 4.21. The number of rotatable bonds is 5. The standard InChI is InChI=1S/C15H24BrN3O/c1-4-6-19-11-13(16)8-14(19)15(20)18(3)10-12-5-7-17(2)9-12/h8,11-12H,4-7,9-10H2,1-3H3. The average Bonchev–Trinajstić information content (AvgIpc) is 2.95. The van der Waals surface area contributed by atoms with E-state index in [1.165, 1.54) is 6.42 Å². The third kappa shape index (κ3) is 3.64. The molecule has 0 spiro atoms. The second-order valence-corrected chi connectivity index (χ2v) is 6.76. The highest BCUT2D eigenvalue weighted by Gasteiger charge is 2.24. The summed E-state index contributed by atoms with van der Waals surface area (Å²) < 4.78 is 3.02. The summed E-state index contributed by atoms with van der Waals surface area (Å²) in [7, 11) is 4.06. The molecule has 5 heteroatoms. The van der Waals surface area contributed by atoms with Crippen molar-refractivity contribution in [2.75, 3.05) is 33.7 Å². The lowest BCUT2D eigenvalue weighted by molar-refractivity contribution is 0.0763. The van der Waals surface area contributed by atoms with Crippen LogP contribution < -0.4 is 0 Å². The lowest BCUT2D eigenvalue weighted by Gasteiger charge is -2.22. The summed E-state index contributed by atoms with van der Waals surface area (Å²) in [5.74, 6) is 0.727. The molecule has 1 amide bonds. The summed E-state index contributed by atoms with van der Waals surface area (Å²) in [6.45, 7) is 6.09. The van der Waals surface area contributed by atoms with Crippen LogP contribution in [-0.4, -0.2) is 54.0 Å². The molecule has 1 aliphatic rings. The predicted octanol–water partition coefficient (Wildman–Crippen LogP) is 2.68. The number of carbonyl (C=O) groups is 1. The molecule has 20 heavy (non-hydrogen) atoms. The number of halogens is 1. The number of carbonyl (C=O) groups excluding carboxylic acids is 1. The van der Waals surface area contributed by atoms with Crippen LogP contribution in [0.3, 0.4) is 0 Å². The molecule has 0 saturated carbocycles. The van der Waals surface area contributed by atoms with Gasteiger partial charge in [0.2, 0.25) is 0 Å². The Morgan fingerprint density at radius 2 is 2.30 bits per heavy atom. The van der Waals surface area contributed by atoms with Crippen LogP contribution in [0.1, 0.15) is 30.3 Å². The lowest BCUT2D eigenvalue weighted by Crippen LogP contribution is -2.34. The van der Waals surface area contributed by atoms with Gasteiger partial charge in [0.15, 0.2) is 0 Å². The van der Waals surface area contributed by atoms with Crippen molar-refractivity contribution in [3.05, 3.63) is 22.4 Å². The summed E-state index contributed by atoms with van der Waals surface area (Å²) in [5.41, 5.74) is 0.785. The van der Waals surface area contributed by atoms with Gasteiger partial charge in [-0.2, -0.15) is 0 Å². The maximum atomic E-state index is 12.6. The van der Waals surface area contributed by atoms with Crippen LogP contribution in [-0.2, 0) is 6.54 Å². The minimum Gasteiger partial charge on any atom is -0.342 e. The van der Waals surface area contributed by atoms with Gasteiger partial charge in [0, 0.05) is 37.4 Å². The molecular formula is C15H24BrN3O. The molecule has 0 aliphatic carbocycles. The average molecular weight is 342 g/mol. The molecule has 0 bridgehead atoms. The van der Waals surface area contributed by atoms with E-state index in [0.717, 1.165) is 42.8 Å². The van der Waals surface area contributed by atoms with Crippen molar-refractivity contribution in [2.24, 2.45) is 5.92 Å². The van der Waals surface area contributed by atoms with Gasteiger partial charge in [-0.15, -0.1) is 0 Å². The van der Waals surface area contributed by atoms with Crippen LogP contribution in [0, 0.1) is 5.92 Å². The summed E-state index contributed by atoms with van der Waals surface area (Å²) in [6, 6.07) is 1.93. The molecule has 1 saturated heterocycles. The fourth-order valence-corrected chi connectivity index (χ4v) is 3.38. The molecule has 0 aromatic carbocycles. The minimum atomic E-state index is 0.124. The van der Waals surface area contributed by atoms with Crippen molar-refractivity contribution in [1.82, 2.24) is 14.4 Å². The van der Waals surface area contributed by atoms with Gasteiger partial charge in [0.25, 0.3) is 5.91 Å². The monoisotopic (exact) mass is 341 g/mol. The second-order valence-electron chi connectivity index (χ2n) is 5.84. The van der Waals surface area contributed by atoms with Crippen LogP contribution in [0.25, 0.3) is 0 Å². The number of aryl methyl sites for hydroxylation is 1. The van der Waals surface area contributed by atoms with Gasteiger partial charge in [0.1, 0.15) is 5.69 Å². The first kappa shape index (κ1) is 15.6. The highest BCUT2D eigenvalue weighted by Crippen LogP contribution is 2.19. The maximum Gasteiger partial charge on any atom is 0.270 e. The summed E-state index contributed by atoms with van der Waals surface area (Å²) in [4.78, 5) is 16.8. The fraction of sp³-hybridized carbons (Fsp3) is 0.667. The van der Waals surface area contributed by atoms with Crippen molar-refractivity contribution >= 4 is 21.8 Å². The first-order valence-electron chi connectivity index (χ1n) is 7.31. The van der Waals surface area contributed by atoms with Gasteiger partial charge in [-0.05, 0) is 54.3 Å². The first-order chi connectivity index (χ1) is 9.51. The van der Waals surface area contributed by atoms with Crippen molar-refractivity contribution < 1.29 is 4.79 Å². The van der Waals surface area contributed by atoms with E-state index in [1.807, 2.05) is 28.8 Å². The van der Waals surface area contributed by atoms with E-state index in [0.29, 0.717) is 5.92 Å². The predicted molar refractivity (Wildman–Crippen MR) is 85.0 cm³/mol. The molecule has 2 rings (SSSR count). The topological polar surface area (TPSA) is 28.5 Å². The number of amides is 1. The van der Waals surface area contributed by atoms with E-state index in [4.69, 9.17) is 0 Å². The zero-order valence-electron chi connectivity index (χ0n) is 12.6. The Kier molecular flexibility index (Phi) is 5.27. The molecule has 0 N–H and O–H groups in total. The third-order valence-electron chi connectivity index (χ3n) is 3.91. The Morgan fingerprint density at radius 1 is 1.55 bits per heavy atom. The van der Waals surface area contributed by atoms with Crippen LogP contribution in [0.4, 0.5) is 0 Å². The molecule has 1 unspecified atom stereocenters. The summed E-state index contributed by atoms with van der Waals surface area (Å²) >= 11 is 3.47. The molecule has 1 aromatic rings. The Morgan fingerprint density at radius 3 is 2.90 bits per heavy atom. The van der Waals surface area contributed by atoms with Gasteiger partial charge >= 0.3 is 0 Å². The Bertz CT molecular complexity index is 472.